The summed E-state index contributed by atoms with van der Waals surface area (Å²) in [4.78, 5) is 11.2. The van der Waals surface area contributed by atoms with Gasteiger partial charge in [-0.3, -0.25) is 4.79 Å². The molecule has 31 atom stereocenters. The van der Waals surface area contributed by atoms with Gasteiger partial charge in [0.1, 0.15) is 18.5 Å². The Kier molecular flexibility index (Phi) is 13.2. The van der Waals surface area contributed by atoms with Gasteiger partial charge in [0.05, 0.1) is 176 Å². The van der Waals surface area contributed by atoms with Gasteiger partial charge in [0.2, 0.25) is 0 Å². The van der Waals surface area contributed by atoms with Crippen LogP contribution in [0.5, 0.6) is 0 Å². The second-order valence-electron chi connectivity index (χ2n) is 25.4. The fourth-order valence-corrected chi connectivity index (χ4v) is 16.5. The fourth-order valence-electron chi connectivity index (χ4n) is 16.5. The number of rotatable bonds is 3. The summed E-state index contributed by atoms with van der Waals surface area (Å²) >= 11 is 0. The first kappa shape index (κ1) is 50.0. The van der Waals surface area contributed by atoms with Gasteiger partial charge in [-0.25, -0.2) is 0 Å². The number of allylic oxidation sites excluding steroid dienone is 1. The minimum Gasteiger partial charge on any atom is -0.390 e. The minimum atomic E-state index is -0.837. The molecule has 14 rings (SSSR count). The first-order chi connectivity index (χ1) is 35.2. The first-order valence-corrected chi connectivity index (χ1v) is 28.6. The van der Waals surface area contributed by atoms with Crippen LogP contribution in [0.4, 0.5) is 0 Å². The number of hydrogen-bond donors (Lipinski definition) is 3. The van der Waals surface area contributed by atoms with Crippen LogP contribution in [0, 0.1) is 0 Å². The maximum atomic E-state index is 11.8. The zero-order valence-corrected chi connectivity index (χ0v) is 42.9. The quantitative estimate of drug-likeness (QED) is 0.274. The van der Waals surface area contributed by atoms with Crippen molar-refractivity contribution in [3.8, 4) is 0 Å². The van der Waals surface area contributed by atoms with Gasteiger partial charge < -0.3 is 81.6 Å². The third-order valence-electron chi connectivity index (χ3n) is 20.4. The Bertz CT molecular complexity index is 2060. The van der Waals surface area contributed by atoms with Crippen molar-refractivity contribution >= 4 is 6.29 Å². The Balaban J connectivity index is 0.602. The van der Waals surface area contributed by atoms with E-state index < -0.39 is 60.0 Å². The van der Waals surface area contributed by atoms with Crippen LogP contribution in [0.25, 0.3) is 0 Å². The number of fused-ring (bicyclic) bond motifs is 13. The Labute approximate surface area is 428 Å². The summed E-state index contributed by atoms with van der Waals surface area (Å²) in [7, 11) is 0. The van der Waals surface area contributed by atoms with Crippen molar-refractivity contribution in [2.24, 2.45) is 0 Å². The van der Waals surface area contributed by atoms with E-state index in [4.69, 9.17) is 66.3 Å². The number of carbonyl (C=O) groups is 1. The van der Waals surface area contributed by atoms with Crippen molar-refractivity contribution in [3.63, 3.8) is 0 Å². The van der Waals surface area contributed by atoms with Crippen molar-refractivity contribution in [2.45, 2.75) is 325 Å². The molecule has 0 bridgehead atoms. The van der Waals surface area contributed by atoms with Gasteiger partial charge >= 0.3 is 0 Å². The highest BCUT2D eigenvalue weighted by Crippen LogP contribution is 2.52. The molecular formula is C55H80O18. The van der Waals surface area contributed by atoms with Gasteiger partial charge in [-0.1, -0.05) is 6.08 Å². The lowest BCUT2D eigenvalue weighted by molar-refractivity contribution is -0.329. The average Bonchev–Trinajstić information content (AvgIpc) is 3.41. The summed E-state index contributed by atoms with van der Waals surface area (Å²) in [5.74, 6) is 0. The molecule has 0 amide bonds. The monoisotopic (exact) mass is 1030 g/mol. The third kappa shape index (κ3) is 9.09. The number of aliphatic hydroxyl groups is 3. The summed E-state index contributed by atoms with van der Waals surface area (Å²) in [6, 6.07) is 0. The van der Waals surface area contributed by atoms with Crippen molar-refractivity contribution in [1.29, 1.82) is 0 Å². The lowest BCUT2D eigenvalue weighted by Crippen LogP contribution is -2.65. The third-order valence-corrected chi connectivity index (χ3v) is 20.4. The second kappa shape index (κ2) is 19.2. The molecular weight excluding hydrogens is 949 g/mol. The molecule has 0 saturated carbocycles. The van der Waals surface area contributed by atoms with E-state index in [0.29, 0.717) is 56.9 Å². The number of ether oxygens (including phenoxy) is 14. The van der Waals surface area contributed by atoms with E-state index in [1.165, 1.54) is 0 Å². The molecule has 14 heterocycles. The molecule has 3 N–H and O–H groups in total. The van der Waals surface area contributed by atoms with Crippen LogP contribution in [-0.2, 0) is 71.1 Å². The van der Waals surface area contributed by atoms with E-state index in [0.717, 1.165) is 64.1 Å². The van der Waals surface area contributed by atoms with Gasteiger partial charge in [0, 0.05) is 77.0 Å². The molecule has 14 aliphatic heterocycles. The average molecular weight is 1030 g/mol. The molecule has 0 radical (unpaired) electrons. The second-order valence-corrected chi connectivity index (χ2v) is 25.4. The zero-order chi connectivity index (χ0) is 49.7. The smallest absolute Gasteiger partial charge is 0.145 e. The Morgan fingerprint density at radius 2 is 0.808 bits per heavy atom. The van der Waals surface area contributed by atoms with Crippen molar-refractivity contribution in [1.82, 2.24) is 0 Å². The molecule has 18 heteroatoms. The molecule has 14 aliphatic rings. The Morgan fingerprint density at radius 3 is 1.37 bits per heavy atom. The largest absolute Gasteiger partial charge is 0.390 e. The molecule has 14 saturated heterocycles. The number of aldehydes is 1. The molecule has 0 aromatic heterocycles. The van der Waals surface area contributed by atoms with Gasteiger partial charge in [-0.2, -0.15) is 0 Å². The SMILES string of the molecule is C/C(C=O)=C\CC1CC2OC3CC4OC5CC6OC7CCC8OC9CC%10OC%11CC%12(C)OC%13CC%14O[C@H](C)C(O)C[C@H]%14O[C@H]%13CC[C@H]%12O[C@H]%11C[C@H]%10O[C@H]9C[C@H]8O[C@@]7(C)C[C@H]6OC5C(O)C[C@H]4O[C@H]3C(O)C[C@H]2O1. The highest BCUT2D eigenvalue weighted by atomic mass is 16.7. The minimum absolute atomic E-state index is 0.0583. The van der Waals surface area contributed by atoms with E-state index in [-0.39, 0.29) is 128 Å². The van der Waals surface area contributed by atoms with E-state index >= 15 is 0 Å². The molecule has 408 valence electrons. The fraction of sp³-hybridized carbons (Fsp3) is 0.945. The van der Waals surface area contributed by atoms with Crippen LogP contribution in [0.15, 0.2) is 11.6 Å². The summed E-state index contributed by atoms with van der Waals surface area (Å²) in [6.07, 6.45) is 6.26. The molecule has 0 aliphatic carbocycles. The number of carbonyl (C=O) groups excluding carboxylic acids is 1. The molecule has 0 aromatic carbocycles. The van der Waals surface area contributed by atoms with Gasteiger partial charge in [-0.05, 0) is 65.4 Å². The summed E-state index contributed by atoms with van der Waals surface area (Å²) < 4.78 is 95.5. The van der Waals surface area contributed by atoms with Crippen LogP contribution in [0.3, 0.4) is 0 Å². The summed E-state index contributed by atoms with van der Waals surface area (Å²) in [6.45, 7) is 8.07. The summed E-state index contributed by atoms with van der Waals surface area (Å²) in [5, 5.41) is 33.8. The molecule has 0 aromatic rings. The predicted octanol–water partition coefficient (Wildman–Crippen LogP) is 3.39. The normalized spacial score (nSPS) is 59.3. The topological polar surface area (TPSA) is 207 Å². The molecule has 14 fully saturated rings. The highest BCUT2D eigenvalue weighted by molar-refractivity contribution is 5.71. The lowest BCUT2D eigenvalue weighted by Gasteiger charge is -2.56. The molecule has 73 heavy (non-hydrogen) atoms. The van der Waals surface area contributed by atoms with Gasteiger partial charge in [-0.15, -0.1) is 0 Å². The number of hydrogen-bond acceptors (Lipinski definition) is 18. The lowest BCUT2D eigenvalue weighted by atomic mass is 9.80. The van der Waals surface area contributed by atoms with Gasteiger partial charge in [0.15, 0.2) is 0 Å². The Morgan fingerprint density at radius 1 is 0.425 bits per heavy atom. The maximum Gasteiger partial charge on any atom is 0.145 e. The molecule has 18 unspecified atom stereocenters. The summed E-state index contributed by atoms with van der Waals surface area (Å²) in [5.41, 5.74) is -0.494. The number of aliphatic hydroxyl groups excluding tert-OH is 3. The standard InChI is InChI=1S/C55H80O18/c1-24(23-56)5-6-26-11-32-33(61-26)13-28(58)52-46(65-32)19-41-35(70-52)14-29(59)53-47(66-41)20-43-49(71-53)22-55(4)51(69-43)10-8-31-45(73-55)18-40-37(63-31)15-39-38(64-40)16-42-48(67-39)21-54(3)50(68-42)9-7-30-44(72-54)17-36-34(62-30)12-27(57)25(2)60-36/h5,23,25-53,57-59H,6-22H2,1-4H3/b24-5+/t25-,26?,27?,28?,29?,30+,31?,32?,33-,34-,35-,36?,37?,38-,39?,40+,41?,42+,43?,44?,45-,46?,47?,48?,49-,50-,51?,52+,53?,54?,55+/m1/s1. The van der Waals surface area contributed by atoms with E-state index in [2.05, 4.69) is 13.8 Å². The van der Waals surface area contributed by atoms with Crippen molar-refractivity contribution in [2.75, 3.05) is 0 Å². The van der Waals surface area contributed by atoms with Crippen LogP contribution in [0.1, 0.15) is 137 Å². The predicted molar refractivity (Wildman–Crippen MR) is 252 cm³/mol. The first-order valence-electron chi connectivity index (χ1n) is 28.6. The van der Waals surface area contributed by atoms with E-state index in [1.54, 1.807) is 6.92 Å². The van der Waals surface area contributed by atoms with Crippen molar-refractivity contribution < 1.29 is 86.4 Å². The van der Waals surface area contributed by atoms with E-state index in [9.17, 15) is 20.1 Å². The maximum absolute atomic E-state index is 11.8. The van der Waals surface area contributed by atoms with Gasteiger partial charge in [0.25, 0.3) is 0 Å². The Hall–Kier alpha value is -1.27. The highest BCUT2D eigenvalue weighted by Gasteiger charge is 2.62. The van der Waals surface area contributed by atoms with E-state index in [1.807, 2.05) is 13.0 Å². The molecule has 18 nitrogen and oxygen atoms in total. The van der Waals surface area contributed by atoms with Crippen LogP contribution >= 0.6 is 0 Å². The van der Waals surface area contributed by atoms with Crippen LogP contribution < -0.4 is 0 Å². The van der Waals surface area contributed by atoms with Crippen LogP contribution in [0.2, 0.25) is 0 Å². The zero-order valence-electron chi connectivity index (χ0n) is 42.9. The molecule has 0 spiro atoms. The van der Waals surface area contributed by atoms with Crippen molar-refractivity contribution in [3.05, 3.63) is 11.6 Å². The van der Waals surface area contributed by atoms with Crippen LogP contribution in [-0.4, -0.2) is 210 Å².